The van der Waals surface area contributed by atoms with E-state index in [2.05, 4.69) is 11.4 Å². The second-order valence-corrected chi connectivity index (χ2v) is 4.06. The predicted molar refractivity (Wildman–Crippen MR) is 61.6 cm³/mol. The van der Waals surface area contributed by atoms with Crippen molar-refractivity contribution in [2.24, 2.45) is 0 Å². The lowest BCUT2D eigenvalue weighted by Gasteiger charge is -2.00. The molecule has 2 rings (SSSR count). The van der Waals surface area contributed by atoms with Crippen LogP contribution in [0.25, 0.3) is 10.1 Å². The maximum atomic E-state index is 5.74. The second-order valence-electron chi connectivity index (χ2n) is 3.15. The minimum atomic E-state index is 0.681. The summed E-state index contributed by atoms with van der Waals surface area (Å²) in [6, 6.07) is 6.01. The Balaban J connectivity index is 2.40. The fourth-order valence-electron chi connectivity index (χ4n) is 1.42. The van der Waals surface area contributed by atoms with Crippen molar-refractivity contribution in [2.45, 2.75) is 13.5 Å². The van der Waals surface area contributed by atoms with Gasteiger partial charge in [-0.1, -0.05) is 0 Å². The number of benzene rings is 1. The third-order valence-electron chi connectivity index (χ3n) is 2.14. The van der Waals surface area contributed by atoms with Gasteiger partial charge >= 0.3 is 0 Å². The van der Waals surface area contributed by atoms with Crippen LogP contribution in [0.5, 0.6) is 0 Å². The van der Waals surface area contributed by atoms with E-state index >= 15 is 0 Å². The van der Waals surface area contributed by atoms with Crippen LogP contribution in [0.4, 0.5) is 5.69 Å². The number of nitrogen functional groups attached to an aromatic ring is 1. The minimum absolute atomic E-state index is 0.681. The van der Waals surface area contributed by atoms with Gasteiger partial charge in [-0.25, -0.2) is 0 Å². The molecule has 0 amide bonds. The van der Waals surface area contributed by atoms with Gasteiger partial charge in [0.25, 0.3) is 0 Å². The summed E-state index contributed by atoms with van der Waals surface area (Å²) >= 11 is 1.74. The fourth-order valence-corrected chi connectivity index (χ4v) is 2.35. The largest absolute Gasteiger partial charge is 0.399 e. The number of anilines is 1. The summed E-state index contributed by atoms with van der Waals surface area (Å²) in [5.41, 5.74) is 7.79. The quantitative estimate of drug-likeness (QED) is 0.785. The van der Waals surface area contributed by atoms with Crippen molar-refractivity contribution in [1.29, 1.82) is 0 Å². The fraction of sp³-hybridized carbons (Fsp3) is 0.273. The van der Waals surface area contributed by atoms with Gasteiger partial charge in [-0.3, -0.25) is 0 Å². The van der Waals surface area contributed by atoms with E-state index in [0.29, 0.717) is 6.61 Å². The van der Waals surface area contributed by atoms with Crippen molar-refractivity contribution < 1.29 is 4.74 Å². The molecule has 3 heteroatoms. The molecule has 1 aromatic carbocycles. The molecule has 2 N–H and O–H groups in total. The molecule has 2 aromatic rings. The number of fused-ring (bicyclic) bond motifs is 1. The summed E-state index contributed by atoms with van der Waals surface area (Å²) < 4.78 is 6.66. The molecule has 0 aliphatic rings. The minimum Gasteiger partial charge on any atom is -0.399 e. The van der Waals surface area contributed by atoms with Gasteiger partial charge in [0.05, 0.1) is 6.61 Å². The molecule has 74 valence electrons. The molecule has 0 fully saturated rings. The Morgan fingerprint density at radius 1 is 1.43 bits per heavy atom. The highest BCUT2D eigenvalue weighted by molar-refractivity contribution is 7.17. The maximum Gasteiger partial charge on any atom is 0.0730 e. The second kappa shape index (κ2) is 3.98. The normalized spacial score (nSPS) is 10.9. The number of rotatable bonds is 3. The molecule has 14 heavy (non-hydrogen) atoms. The molecular formula is C11H13NOS. The van der Waals surface area contributed by atoms with E-state index in [9.17, 15) is 0 Å². The first-order valence-corrected chi connectivity index (χ1v) is 5.52. The Bertz CT molecular complexity index is 436. The Morgan fingerprint density at radius 3 is 3.07 bits per heavy atom. The van der Waals surface area contributed by atoms with Crippen LogP contribution in [0, 0.1) is 0 Å². The zero-order valence-corrected chi connectivity index (χ0v) is 8.93. The van der Waals surface area contributed by atoms with E-state index in [1.165, 1.54) is 15.6 Å². The van der Waals surface area contributed by atoms with Gasteiger partial charge in [-0.05, 0) is 41.5 Å². The maximum absolute atomic E-state index is 5.74. The monoisotopic (exact) mass is 207 g/mol. The number of ether oxygens (including phenoxy) is 1. The predicted octanol–water partition coefficient (Wildman–Crippen LogP) is 3.02. The average Bonchev–Trinajstić information content (AvgIpc) is 2.57. The van der Waals surface area contributed by atoms with Gasteiger partial charge in [-0.15, -0.1) is 11.3 Å². The smallest absolute Gasteiger partial charge is 0.0730 e. The summed E-state index contributed by atoms with van der Waals surface area (Å²) in [6.07, 6.45) is 0. The molecule has 1 aromatic heterocycles. The van der Waals surface area contributed by atoms with E-state index in [4.69, 9.17) is 10.5 Å². The summed E-state index contributed by atoms with van der Waals surface area (Å²) in [5.74, 6) is 0. The van der Waals surface area contributed by atoms with Crippen LogP contribution in [0.3, 0.4) is 0 Å². The van der Waals surface area contributed by atoms with Crippen molar-refractivity contribution >= 4 is 27.1 Å². The molecule has 0 bridgehead atoms. The molecule has 0 saturated carbocycles. The molecule has 0 aliphatic heterocycles. The van der Waals surface area contributed by atoms with E-state index in [0.717, 1.165) is 12.3 Å². The van der Waals surface area contributed by atoms with Crippen molar-refractivity contribution in [3.63, 3.8) is 0 Å². The van der Waals surface area contributed by atoms with Crippen LogP contribution in [0.2, 0.25) is 0 Å². The summed E-state index contributed by atoms with van der Waals surface area (Å²) in [7, 11) is 0. The molecule has 0 spiro atoms. The van der Waals surface area contributed by atoms with E-state index in [-0.39, 0.29) is 0 Å². The zero-order valence-electron chi connectivity index (χ0n) is 8.12. The van der Waals surface area contributed by atoms with Gasteiger partial charge in [0.2, 0.25) is 0 Å². The molecule has 1 heterocycles. The molecule has 2 nitrogen and oxygen atoms in total. The highest BCUT2D eigenvalue weighted by Crippen LogP contribution is 2.28. The van der Waals surface area contributed by atoms with Crippen LogP contribution in [0.1, 0.15) is 12.5 Å². The first-order valence-electron chi connectivity index (χ1n) is 4.64. The highest BCUT2D eigenvalue weighted by atomic mass is 32.1. The lowest BCUT2D eigenvalue weighted by Crippen LogP contribution is -1.90. The van der Waals surface area contributed by atoms with Crippen LogP contribution in [-0.2, 0) is 11.3 Å². The third-order valence-corrected chi connectivity index (χ3v) is 3.15. The molecular weight excluding hydrogens is 194 g/mol. The molecule has 0 aliphatic carbocycles. The Morgan fingerprint density at radius 2 is 2.29 bits per heavy atom. The van der Waals surface area contributed by atoms with E-state index in [1.54, 1.807) is 11.3 Å². The van der Waals surface area contributed by atoms with Crippen molar-refractivity contribution in [3.05, 3.63) is 29.1 Å². The molecule has 0 unspecified atom stereocenters. The van der Waals surface area contributed by atoms with Gasteiger partial charge in [0, 0.05) is 17.0 Å². The molecule has 0 radical (unpaired) electrons. The Hall–Kier alpha value is -1.06. The van der Waals surface area contributed by atoms with Crippen molar-refractivity contribution in [2.75, 3.05) is 12.3 Å². The third kappa shape index (κ3) is 1.74. The number of nitrogens with two attached hydrogens (primary N) is 1. The van der Waals surface area contributed by atoms with Crippen LogP contribution in [-0.4, -0.2) is 6.61 Å². The molecule has 0 saturated heterocycles. The first-order chi connectivity index (χ1) is 6.81. The van der Waals surface area contributed by atoms with Gasteiger partial charge in [-0.2, -0.15) is 0 Å². The number of hydrogen-bond donors (Lipinski definition) is 1. The summed E-state index contributed by atoms with van der Waals surface area (Å²) in [4.78, 5) is 0. The van der Waals surface area contributed by atoms with Gasteiger partial charge < -0.3 is 10.5 Å². The Kier molecular flexibility index (Phi) is 2.70. The van der Waals surface area contributed by atoms with Crippen LogP contribution < -0.4 is 5.73 Å². The van der Waals surface area contributed by atoms with Crippen molar-refractivity contribution in [1.82, 2.24) is 0 Å². The number of hydrogen-bond acceptors (Lipinski definition) is 3. The summed E-state index contributed by atoms with van der Waals surface area (Å²) in [6.45, 7) is 3.43. The van der Waals surface area contributed by atoms with Crippen molar-refractivity contribution in [3.8, 4) is 0 Å². The molecule has 0 atom stereocenters. The first kappa shape index (κ1) is 9.49. The topological polar surface area (TPSA) is 35.2 Å². The van der Waals surface area contributed by atoms with Crippen LogP contribution >= 0.6 is 11.3 Å². The Labute approximate surface area is 87.3 Å². The standard InChI is InChI=1S/C11H13NOS/c1-2-13-6-8-7-14-11-4-3-9(12)5-10(8)11/h3-5,7H,2,6,12H2,1H3. The lowest BCUT2D eigenvalue weighted by atomic mass is 10.2. The van der Waals surface area contributed by atoms with Gasteiger partial charge in [0.15, 0.2) is 0 Å². The number of thiophene rings is 1. The average molecular weight is 207 g/mol. The van der Waals surface area contributed by atoms with E-state index < -0.39 is 0 Å². The SMILES string of the molecule is CCOCc1csc2ccc(N)cc12. The highest BCUT2D eigenvalue weighted by Gasteiger charge is 2.03. The van der Waals surface area contributed by atoms with Crippen LogP contribution in [0.15, 0.2) is 23.6 Å². The zero-order chi connectivity index (χ0) is 9.97. The van der Waals surface area contributed by atoms with Gasteiger partial charge in [0.1, 0.15) is 0 Å². The lowest BCUT2D eigenvalue weighted by molar-refractivity contribution is 0.135. The van der Waals surface area contributed by atoms with E-state index in [1.807, 2.05) is 19.1 Å². The summed E-state index contributed by atoms with van der Waals surface area (Å²) in [5, 5.41) is 3.36.